The Balaban J connectivity index is 0. The Morgan fingerprint density at radius 1 is 1.05 bits per heavy atom. The molecular weight excluding hydrogens is 322 g/mol. The molecule has 0 amide bonds. The van der Waals surface area contributed by atoms with Gasteiger partial charge >= 0.3 is 24.3 Å². The first kappa shape index (κ1) is 22.8. The van der Waals surface area contributed by atoms with Gasteiger partial charge in [0.05, 0.1) is 12.3 Å². The van der Waals surface area contributed by atoms with E-state index in [1.54, 1.807) is 27.7 Å². The van der Waals surface area contributed by atoms with Gasteiger partial charge in [-0.2, -0.15) is 26.3 Å². The zero-order valence-electron chi connectivity index (χ0n) is 12.4. The maximum atomic E-state index is 12.1. The van der Waals surface area contributed by atoms with Crippen molar-refractivity contribution in [3.63, 3.8) is 0 Å². The number of hydrogen-bond donors (Lipinski definition) is 1. The molecule has 0 bridgehead atoms. The molecule has 132 valence electrons. The van der Waals surface area contributed by atoms with Crippen molar-refractivity contribution in [1.29, 1.82) is 0 Å². The lowest BCUT2D eigenvalue weighted by atomic mass is 10.0. The van der Waals surface area contributed by atoms with E-state index in [0.29, 0.717) is 0 Å². The van der Waals surface area contributed by atoms with Crippen LogP contribution in [-0.2, 0) is 14.3 Å². The predicted molar refractivity (Wildman–Crippen MR) is 64.0 cm³/mol. The third-order valence-electron chi connectivity index (χ3n) is 1.95. The molecule has 0 heterocycles. The maximum Gasteiger partial charge on any atom is 0.490 e. The van der Waals surface area contributed by atoms with Crippen molar-refractivity contribution in [3.8, 4) is 0 Å². The van der Waals surface area contributed by atoms with Gasteiger partial charge in [0.2, 0.25) is 0 Å². The molecule has 0 radical (unpaired) electrons. The molecule has 4 nitrogen and oxygen atoms in total. The SMILES string of the molecule is CCC(CC(F)(F)F)C(=O)OC(C)(C)C.O=C(O)C(F)(F)F. The van der Waals surface area contributed by atoms with Crippen molar-refractivity contribution in [2.75, 3.05) is 0 Å². The van der Waals surface area contributed by atoms with Gasteiger partial charge in [0.1, 0.15) is 5.60 Å². The Hall–Kier alpha value is -1.48. The monoisotopic (exact) mass is 340 g/mol. The summed E-state index contributed by atoms with van der Waals surface area (Å²) in [6.07, 6.45) is -10.4. The summed E-state index contributed by atoms with van der Waals surface area (Å²) in [5.41, 5.74) is -0.740. The highest BCUT2D eigenvalue weighted by Crippen LogP contribution is 2.28. The minimum absolute atomic E-state index is 0.133. The molecule has 22 heavy (non-hydrogen) atoms. The lowest BCUT2D eigenvalue weighted by Crippen LogP contribution is -2.31. The average Bonchev–Trinajstić information content (AvgIpc) is 2.21. The fraction of sp³-hybridized carbons (Fsp3) is 0.833. The molecular formula is C12H18F6O4. The first-order valence-corrected chi connectivity index (χ1v) is 6.09. The second-order valence-electron chi connectivity index (χ2n) is 5.26. The lowest BCUT2D eigenvalue weighted by Gasteiger charge is -2.23. The molecule has 0 aromatic rings. The summed E-state index contributed by atoms with van der Waals surface area (Å²) in [5, 5.41) is 7.12. The highest BCUT2D eigenvalue weighted by molar-refractivity contribution is 5.73. The fourth-order valence-corrected chi connectivity index (χ4v) is 1.06. The van der Waals surface area contributed by atoms with Gasteiger partial charge in [0, 0.05) is 0 Å². The summed E-state index contributed by atoms with van der Waals surface area (Å²) in [4.78, 5) is 20.2. The van der Waals surface area contributed by atoms with Crippen LogP contribution in [0.2, 0.25) is 0 Å². The Labute approximate surface area is 123 Å². The third-order valence-corrected chi connectivity index (χ3v) is 1.95. The van der Waals surface area contributed by atoms with Crippen LogP contribution in [0.25, 0.3) is 0 Å². The van der Waals surface area contributed by atoms with E-state index in [1.807, 2.05) is 0 Å². The van der Waals surface area contributed by atoms with E-state index in [4.69, 9.17) is 14.6 Å². The number of carbonyl (C=O) groups excluding carboxylic acids is 1. The molecule has 0 spiro atoms. The van der Waals surface area contributed by atoms with Crippen molar-refractivity contribution in [2.24, 2.45) is 5.92 Å². The van der Waals surface area contributed by atoms with Crippen LogP contribution >= 0.6 is 0 Å². The first-order chi connectivity index (χ1) is 9.49. The number of alkyl halides is 6. The number of esters is 1. The van der Waals surface area contributed by atoms with Gasteiger partial charge in [-0.15, -0.1) is 0 Å². The van der Waals surface area contributed by atoms with E-state index < -0.39 is 42.2 Å². The molecule has 0 rings (SSSR count). The molecule has 0 fully saturated rings. The highest BCUT2D eigenvalue weighted by Gasteiger charge is 2.38. The van der Waals surface area contributed by atoms with E-state index >= 15 is 0 Å². The molecule has 1 unspecified atom stereocenters. The molecule has 1 N–H and O–H groups in total. The van der Waals surface area contributed by atoms with Crippen molar-refractivity contribution in [1.82, 2.24) is 0 Å². The minimum atomic E-state index is -5.08. The summed E-state index contributed by atoms with van der Waals surface area (Å²) in [6, 6.07) is 0. The quantitative estimate of drug-likeness (QED) is 0.624. The summed E-state index contributed by atoms with van der Waals surface area (Å²) in [5.74, 6) is -4.63. The molecule has 0 saturated heterocycles. The number of carboxylic acids is 1. The largest absolute Gasteiger partial charge is 0.490 e. The third kappa shape index (κ3) is 13.5. The maximum absolute atomic E-state index is 12.1. The van der Waals surface area contributed by atoms with Gasteiger partial charge in [-0.3, -0.25) is 4.79 Å². The predicted octanol–water partition coefficient (Wildman–Crippen LogP) is 3.94. The Morgan fingerprint density at radius 2 is 1.41 bits per heavy atom. The first-order valence-electron chi connectivity index (χ1n) is 6.09. The molecule has 0 aliphatic rings. The molecule has 10 heteroatoms. The van der Waals surface area contributed by atoms with Crippen molar-refractivity contribution in [3.05, 3.63) is 0 Å². The summed E-state index contributed by atoms with van der Waals surface area (Å²) in [7, 11) is 0. The molecule has 1 atom stereocenters. The van der Waals surface area contributed by atoms with Crippen LogP contribution in [0.3, 0.4) is 0 Å². The van der Waals surface area contributed by atoms with Crippen LogP contribution < -0.4 is 0 Å². The zero-order chi connectivity index (χ0) is 18.4. The zero-order valence-corrected chi connectivity index (χ0v) is 12.4. The minimum Gasteiger partial charge on any atom is -0.475 e. The van der Waals surface area contributed by atoms with E-state index in [2.05, 4.69) is 0 Å². The molecule has 0 aromatic heterocycles. The second-order valence-corrected chi connectivity index (χ2v) is 5.26. The fourth-order valence-electron chi connectivity index (χ4n) is 1.06. The van der Waals surface area contributed by atoms with Gasteiger partial charge in [-0.05, 0) is 27.2 Å². The lowest BCUT2D eigenvalue weighted by molar-refractivity contribution is -0.192. The smallest absolute Gasteiger partial charge is 0.475 e. The number of carbonyl (C=O) groups is 2. The number of hydrogen-bond acceptors (Lipinski definition) is 3. The van der Waals surface area contributed by atoms with Gasteiger partial charge in [-0.25, -0.2) is 4.79 Å². The number of aliphatic carboxylic acids is 1. The molecule has 0 aliphatic heterocycles. The van der Waals surface area contributed by atoms with Crippen LogP contribution in [0.1, 0.15) is 40.5 Å². The average molecular weight is 340 g/mol. The van der Waals surface area contributed by atoms with E-state index in [0.717, 1.165) is 0 Å². The van der Waals surface area contributed by atoms with Gasteiger partial charge < -0.3 is 9.84 Å². The van der Waals surface area contributed by atoms with Crippen molar-refractivity contribution in [2.45, 2.75) is 58.5 Å². The molecule has 0 aliphatic carbocycles. The van der Waals surface area contributed by atoms with Gasteiger partial charge in [0.25, 0.3) is 0 Å². The Morgan fingerprint density at radius 3 is 1.59 bits per heavy atom. The van der Waals surface area contributed by atoms with E-state index in [9.17, 15) is 31.1 Å². The summed E-state index contributed by atoms with van der Waals surface area (Å²) < 4.78 is 72.9. The number of halogens is 6. The van der Waals surface area contributed by atoms with Crippen molar-refractivity contribution >= 4 is 11.9 Å². The number of carboxylic acid groups (broad SMARTS) is 1. The van der Waals surface area contributed by atoms with Gasteiger partial charge in [-0.1, -0.05) is 6.92 Å². The highest BCUT2D eigenvalue weighted by atomic mass is 19.4. The second kappa shape index (κ2) is 8.23. The molecule has 0 aromatic carbocycles. The number of rotatable bonds is 3. The van der Waals surface area contributed by atoms with Crippen LogP contribution in [0.5, 0.6) is 0 Å². The normalized spacial score (nSPS) is 13.7. The standard InChI is InChI=1S/C10H17F3O2.C2HF3O2/c1-5-7(6-10(11,12)13)8(14)15-9(2,3)4;3-2(4,5)1(6)7/h7H,5-6H2,1-4H3;(H,6,7). The van der Waals surface area contributed by atoms with Gasteiger partial charge in [0.15, 0.2) is 0 Å². The summed E-state index contributed by atoms with van der Waals surface area (Å²) >= 11 is 0. The van der Waals surface area contributed by atoms with Crippen molar-refractivity contribution < 1.29 is 45.8 Å². The topological polar surface area (TPSA) is 63.6 Å². The number of ether oxygens (including phenoxy) is 1. The Kier molecular flexibility index (Phi) is 8.53. The summed E-state index contributed by atoms with van der Waals surface area (Å²) in [6.45, 7) is 6.43. The van der Waals surface area contributed by atoms with Crippen LogP contribution in [-0.4, -0.2) is 35.0 Å². The van der Waals surface area contributed by atoms with Crippen LogP contribution in [0.15, 0.2) is 0 Å². The van der Waals surface area contributed by atoms with E-state index in [-0.39, 0.29) is 6.42 Å². The van der Waals surface area contributed by atoms with E-state index in [1.165, 1.54) is 0 Å². The van der Waals surface area contributed by atoms with Crippen LogP contribution in [0.4, 0.5) is 26.3 Å². The Bertz CT molecular complexity index is 367. The van der Waals surface area contributed by atoms with Crippen LogP contribution in [0, 0.1) is 5.92 Å². The molecule has 0 saturated carbocycles.